The number of carbonyl (C=O) groups is 2. The Morgan fingerprint density at radius 3 is 2.69 bits per heavy atom. The molecule has 7 nitrogen and oxygen atoms in total. The van der Waals surface area contributed by atoms with Gasteiger partial charge < -0.3 is 5.32 Å². The van der Waals surface area contributed by atoms with Gasteiger partial charge in [0.2, 0.25) is 5.91 Å². The summed E-state index contributed by atoms with van der Waals surface area (Å²) in [4.78, 5) is 37.1. The fraction of sp³-hybridized carbons (Fsp3) is 0.130. The van der Waals surface area contributed by atoms with Crippen molar-refractivity contribution in [2.24, 2.45) is 0 Å². The first-order valence-corrected chi connectivity index (χ1v) is 10.7. The molecule has 162 valence electrons. The van der Waals surface area contributed by atoms with Gasteiger partial charge >= 0.3 is 0 Å². The van der Waals surface area contributed by atoms with E-state index in [9.17, 15) is 24.1 Å². The quantitative estimate of drug-likeness (QED) is 0.432. The molecule has 1 N–H and O–H groups in total. The number of non-ortho nitro benzene ring substituents is 1. The van der Waals surface area contributed by atoms with Crippen LogP contribution in [0.4, 0.5) is 21.5 Å². The zero-order valence-electron chi connectivity index (χ0n) is 16.9. The van der Waals surface area contributed by atoms with Crippen molar-refractivity contribution >= 4 is 40.6 Å². The largest absolute Gasteiger partial charge is 0.322 e. The molecular weight excluding hydrogens is 433 g/mol. The molecule has 3 aromatic rings. The zero-order valence-corrected chi connectivity index (χ0v) is 17.8. The first kappa shape index (κ1) is 21.5. The smallest absolute Gasteiger partial charge is 0.270 e. The number of benzene rings is 3. The standard InChI is InChI=1S/C23H18FN3O4S/c1-14-8-9-18(12-20(14)24)26-21(28)13-32-23(26)16-5-2-6-17(10-16)25-22(29)15-4-3-7-19(11-15)27(30)31/h2-12,23H,13H2,1H3,(H,25,29)/t23-/m1/s1. The second kappa shape index (κ2) is 8.80. The normalized spacial score (nSPS) is 15.6. The lowest BCUT2D eigenvalue weighted by atomic mass is 10.1. The Morgan fingerprint density at radius 1 is 1.16 bits per heavy atom. The average Bonchev–Trinajstić information content (AvgIpc) is 3.17. The molecule has 0 aromatic heterocycles. The second-order valence-corrected chi connectivity index (χ2v) is 8.32. The lowest BCUT2D eigenvalue weighted by Crippen LogP contribution is -2.28. The Kier molecular flexibility index (Phi) is 5.91. The van der Waals surface area contributed by atoms with E-state index in [1.807, 2.05) is 6.07 Å². The van der Waals surface area contributed by atoms with Crippen LogP contribution in [-0.2, 0) is 4.79 Å². The van der Waals surface area contributed by atoms with Gasteiger partial charge in [0.05, 0.1) is 10.7 Å². The molecule has 0 spiro atoms. The Bertz CT molecular complexity index is 1230. The highest BCUT2D eigenvalue weighted by Gasteiger charge is 2.34. The van der Waals surface area contributed by atoms with Gasteiger partial charge in [0.25, 0.3) is 11.6 Å². The van der Waals surface area contributed by atoms with Gasteiger partial charge in [-0.25, -0.2) is 4.39 Å². The predicted octanol–water partition coefficient (Wildman–Crippen LogP) is 5.07. The lowest BCUT2D eigenvalue weighted by Gasteiger charge is -2.25. The molecule has 32 heavy (non-hydrogen) atoms. The maximum Gasteiger partial charge on any atom is 0.270 e. The number of rotatable bonds is 5. The Morgan fingerprint density at radius 2 is 1.94 bits per heavy atom. The number of nitro benzene ring substituents is 1. The van der Waals surface area contributed by atoms with Crippen LogP contribution in [0.2, 0.25) is 0 Å². The van der Waals surface area contributed by atoms with Gasteiger partial charge in [-0.05, 0) is 48.4 Å². The van der Waals surface area contributed by atoms with Crippen molar-refractivity contribution in [3.63, 3.8) is 0 Å². The van der Waals surface area contributed by atoms with Crippen molar-refractivity contribution in [2.45, 2.75) is 12.3 Å². The predicted molar refractivity (Wildman–Crippen MR) is 121 cm³/mol. The van der Waals surface area contributed by atoms with Gasteiger partial charge in [0, 0.05) is 29.1 Å². The molecule has 1 aliphatic heterocycles. The maximum absolute atomic E-state index is 14.1. The second-order valence-electron chi connectivity index (χ2n) is 7.25. The lowest BCUT2D eigenvalue weighted by molar-refractivity contribution is -0.384. The van der Waals surface area contributed by atoms with Gasteiger partial charge in [-0.3, -0.25) is 24.6 Å². The van der Waals surface area contributed by atoms with E-state index in [0.29, 0.717) is 16.9 Å². The fourth-order valence-corrected chi connectivity index (χ4v) is 4.58. The highest BCUT2D eigenvalue weighted by Crippen LogP contribution is 2.42. The Balaban J connectivity index is 1.58. The number of thioether (sulfide) groups is 1. The molecule has 0 saturated carbocycles. The molecule has 0 aliphatic carbocycles. The van der Waals surface area contributed by atoms with E-state index in [-0.39, 0.29) is 34.1 Å². The van der Waals surface area contributed by atoms with Crippen LogP contribution in [0.1, 0.15) is 26.9 Å². The van der Waals surface area contributed by atoms with Gasteiger partial charge in [0.1, 0.15) is 11.2 Å². The summed E-state index contributed by atoms with van der Waals surface area (Å²) in [5.74, 6) is -0.749. The minimum Gasteiger partial charge on any atom is -0.322 e. The molecule has 1 saturated heterocycles. The third-order valence-electron chi connectivity index (χ3n) is 5.05. The Hall–Kier alpha value is -3.72. The van der Waals surface area contributed by atoms with Crippen LogP contribution >= 0.6 is 11.8 Å². The SMILES string of the molecule is Cc1ccc(N2C(=O)CS[C@@H]2c2cccc(NC(=O)c3cccc([N+](=O)[O-])c3)c2)cc1F. The van der Waals surface area contributed by atoms with Crippen molar-refractivity contribution in [1.82, 2.24) is 0 Å². The number of nitrogens with zero attached hydrogens (tertiary/aromatic N) is 2. The molecule has 3 aromatic carbocycles. The molecule has 1 fully saturated rings. The first-order valence-electron chi connectivity index (χ1n) is 9.69. The number of nitrogens with one attached hydrogen (secondary N) is 1. The number of halogens is 1. The minimum absolute atomic E-state index is 0.130. The van der Waals surface area contributed by atoms with Gasteiger partial charge in [-0.2, -0.15) is 0 Å². The van der Waals surface area contributed by atoms with Crippen LogP contribution in [0.25, 0.3) is 0 Å². The minimum atomic E-state index is -0.561. The number of amides is 2. The molecule has 0 radical (unpaired) electrons. The van der Waals surface area contributed by atoms with Crippen LogP contribution in [0.3, 0.4) is 0 Å². The summed E-state index contributed by atoms with van der Waals surface area (Å²) in [6.07, 6.45) is 0. The summed E-state index contributed by atoms with van der Waals surface area (Å²) in [7, 11) is 0. The monoisotopic (exact) mass is 451 g/mol. The number of carbonyl (C=O) groups excluding carboxylic acids is 2. The fourth-order valence-electron chi connectivity index (χ4n) is 3.42. The summed E-state index contributed by atoms with van der Waals surface area (Å²) in [5.41, 5.74) is 2.20. The van der Waals surface area contributed by atoms with Crippen LogP contribution in [0.15, 0.2) is 66.7 Å². The summed E-state index contributed by atoms with van der Waals surface area (Å²) in [5, 5.41) is 13.3. The van der Waals surface area contributed by atoms with E-state index in [1.54, 1.807) is 42.2 Å². The van der Waals surface area contributed by atoms with Crippen LogP contribution in [0, 0.1) is 22.9 Å². The molecule has 4 rings (SSSR count). The number of anilines is 2. The highest BCUT2D eigenvalue weighted by atomic mass is 32.2. The highest BCUT2D eigenvalue weighted by molar-refractivity contribution is 8.00. The molecule has 9 heteroatoms. The molecule has 1 heterocycles. The van der Waals surface area contributed by atoms with Crippen molar-refractivity contribution < 1.29 is 18.9 Å². The third-order valence-corrected chi connectivity index (χ3v) is 6.26. The van der Waals surface area contributed by atoms with Crippen LogP contribution in [-0.4, -0.2) is 22.5 Å². The van der Waals surface area contributed by atoms with E-state index < -0.39 is 10.8 Å². The van der Waals surface area contributed by atoms with Crippen LogP contribution < -0.4 is 10.2 Å². The maximum atomic E-state index is 14.1. The van der Waals surface area contributed by atoms with E-state index in [0.717, 1.165) is 5.56 Å². The summed E-state index contributed by atoms with van der Waals surface area (Å²) in [6, 6.07) is 17.2. The van der Waals surface area contributed by atoms with Crippen molar-refractivity contribution in [3.8, 4) is 0 Å². The van der Waals surface area contributed by atoms with Crippen molar-refractivity contribution in [2.75, 3.05) is 16.0 Å². The van der Waals surface area contributed by atoms with Gasteiger partial charge in [-0.15, -0.1) is 11.8 Å². The number of hydrogen-bond donors (Lipinski definition) is 1. The van der Waals surface area contributed by atoms with Crippen molar-refractivity contribution in [1.29, 1.82) is 0 Å². The molecule has 1 atom stereocenters. The number of hydrogen-bond acceptors (Lipinski definition) is 5. The van der Waals surface area contributed by atoms with Crippen LogP contribution in [0.5, 0.6) is 0 Å². The summed E-state index contributed by atoms with van der Waals surface area (Å²) >= 11 is 1.41. The average molecular weight is 451 g/mol. The summed E-state index contributed by atoms with van der Waals surface area (Å²) in [6.45, 7) is 1.66. The summed E-state index contributed by atoms with van der Waals surface area (Å²) < 4.78 is 14.1. The van der Waals surface area contributed by atoms with Gasteiger partial charge in [0.15, 0.2) is 0 Å². The van der Waals surface area contributed by atoms with E-state index in [2.05, 4.69) is 5.32 Å². The van der Waals surface area contributed by atoms with Crippen molar-refractivity contribution in [3.05, 3.63) is 99.4 Å². The zero-order chi connectivity index (χ0) is 22.8. The molecule has 2 amide bonds. The number of aryl methyl sites for hydroxylation is 1. The van der Waals surface area contributed by atoms with E-state index in [1.165, 1.54) is 42.1 Å². The number of nitro groups is 1. The molecule has 0 bridgehead atoms. The topological polar surface area (TPSA) is 92.6 Å². The molecule has 0 unspecified atom stereocenters. The van der Waals surface area contributed by atoms with E-state index in [4.69, 9.17) is 0 Å². The first-order chi connectivity index (χ1) is 15.3. The molecule has 1 aliphatic rings. The molecular formula is C23H18FN3O4S. The van der Waals surface area contributed by atoms with Gasteiger partial charge in [-0.1, -0.05) is 24.3 Å². The third kappa shape index (κ3) is 4.33. The van der Waals surface area contributed by atoms with E-state index >= 15 is 0 Å². The Labute approximate surface area is 187 Å².